The lowest BCUT2D eigenvalue weighted by Crippen LogP contribution is -2.58. The topological polar surface area (TPSA) is 215 Å². The molecule has 6 N–H and O–H groups in total. The Labute approximate surface area is 425 Å². The molecule has 5 aromatic rings. The number of hydrogen-bond donors (Lipinski definition) is 5. The molecule has 0 radical (unpaired) electrons. The van der Waals surface area contributed by atoms with Crippen LogP contribution in [0.15, 0.2) is 91.3 Å². The fourth-order valence-electron chi connectivity index (χ4n) is 11.8. The van der Waals surface area contributed by atoms with E-state index in [2.05, 4.69) is 35.7 Å². The van der Waals surface area contributed by atoms with E-state index in [1.807, 2.05) is 51.4 Å². The third kappa shape index (κ3) is 10.6. The van der Waals surface area contributed by atoms with Gasteiger partial charge in [-0.05, 0) is 123 Å². The highest BCUT2D eigenvalue weighted by atomic mass is 19.1. The Hall–Kier alpha value is -6.92. The summed E-state index contributed by atoms with van der Waals surface area (Å²) in [6.07, 6.45) is 10.4. The average Bonchev–Trinajstić information content (AvgIpc) is 3.92. The number of hydrogen-bond acceptors (Lipinski definition) is 14. The third-order valence-electron chi connectivity index (χ3n) is 15.9. The van der Waals surface area contributed by atoms with Crippen LogP contribution in [0.25, 0.3) is 22.4 Å². The van der Waals surface area contributed by atoms with Crippen LogP contribution in [-0.4, -0.2) is 127 Å². The highest BCUT2D eigenvalue weighted by Crippen LogP contribution is 2.40. The number of rotatable bonds is 12. The second kappa shape index (κ2) is 20.9. The molecule has 5 atom stereocenters. The molecule has 5 fully saturated rings. The maximum absolute atomic E-state index is 14.3. The zero-order valence-electron chi connectivity index (χ0n) is 41.7. The number of β-amino-alcohol motifs (C(OH)–C–C–N with tert-alkyl or cyclic N) is 1. The summed E-state index contributed by atoms with van der Waals surface area (Å²) in [5, 5.41) is 32.7. The molecular formula is C55H66FN11O6. The van der Waals surface area contributed by atoms with E-state index in [0.29, 0.717) is 58.8 Å². The van der Waals surface area contributed by atoms with Gasteiger partial charge in [0.15, 0.2) is 11.6 Å². The number of hydroxylamine groups is 1. The summed E-state index contributed by atoms with van der Waals surface area (Å²) in [5.41, 5.74) is 12.4. The Kier molecular flexibility index (Phi) is 14.2. The van der Waals surface area contributed by atoms with Gasteiger partial charge in [0.1, 0.15) is 23.7 Å². The first-order valence-electron chi connectivity index (χ1n) is 25.8. The molecule has 2 unspecified atom stereocenters. The fraction of sp³-hybridized carbons (Fsp3) is 0.473. The van der Waals surface area contributed by atoms with Crippen molar-refractivity contribution >= 4 is 35.2 Å². The van der Waals surface area contributed by atoms with Crippen LogP contribution in [0, 0.1) is 17.2 Å². The summed E-state index contributed by atoms with van der Waals surface area (Å²) in [6, 6.07) is 20.9. The monoisotopic (exact) mass is 996 g/mol. The smallest absolute Gasteiger partial charge is 0.275 e. The number of aromatic hydroxyl groups is 1. The van der Waals surface area contributed by atoms with Crippen LogP contribution in [0.5, 0.6) is 11.5 Å². The van der Waals surface area contributed by atoms with Crippen molar-refractivity contribution in [2.45, 2.75) is 121 Å². The number of carbonyl (C=O) groups is 3. The number of aliphatic hydroxyl groups excluding tert-OH is 1. The number of halogens is 1. The Morgan fingerprint density at radius 2 is 1.44 bits per heavy atom. The van der Waals surface area contributed by atoms with Crippen molar-refractivity contribution < 1.29 is 33.8 Å². The van der Waals surface area contributed by atoms with Gasteiger partial charge in [0, 0.05) is 73.6 Å². The molecule has 3 aromatic carbocycles. The van der Waals surface area contributed by atoms with Gasteiger partial charge < -0.3 is 45.7 Å². The van der Waals surface area contributed by atoms with E-state index in [0.717, 1.165) is 76.3 Å². The minimum absolute atomic E-state index is 0.0218. The normalized spacial score (nSPS) is 24.0. The Bertz CT molecular complexity index is 2770. The predicted octanol–water partition coefficient (Wildman–Crippen LogP) is 6.23. The van der Waals surface area contributed by atoms with Gasteiger partial charge >= 0.3 is 0 Å². The minimum atomic E-state index is -1.01. The van der Waals surface area contributed by atoms with Gasteiger partial charge in [0.05, 0.1) is 17.5 Å². The number of nitrogens with zero attached hydrogens (tertiary/aromatic N) is 8. The van der Waals surface area contributed by atoms with Crippen molar-refractivity contribution in [1.82, 2.24) is 40.8 Å². The molecule has 18 heteroatoms. The van der Waals surface area contributed by atoms with E-state index in [1.54, 1.807) is 54.6 Å². The Balaban J connectivity index is 0.685. The number of piperidine rings is 1. The van der Waals surface area contributed by atoms with Crippen molar-refractivity contribution in [3.63, 3.8) is 0 Å². The van der Waals surface area contributed by atoms with E-state index in [9.17, 15) is 29.0 Å². The molecule has 6 heterocycles. The number of fused-ring (bicyclic) bond motifs is 2. The van der Waals surface area contributed by atoms with E-state index < -0.39 is 35.4 Å². The largest absolute Gasteiger partial charge is 0.507 e. The number of phenolic OH excluding ortho intramolecular Hbond substituents is 1. The van der Waals surface area contributed by atoms with Crippen LogP contribution in [0.4, 0.5) is 21.8 Å². The summed E-state index contributed by atoms with van der Waals surface area (Å²) in [7, 11) is 0. The van der Waals surface area contributed by atoms with Gasteiger partial charge in [0.2, 0.25) is 17.8 Å². The highest BCUT2D eigenvalue weighted by Gasteiger charge is 2.46. The lowest BCUT2D eigenvalue weighted by molar-refractivity contribution is -0.146. The summed E-state index contributed by atoms with van der Waals surface area (Å²) in [5.74, 6) is 0.174. The van der Waals surface area contributed by atoms with Crippen molar-refractivity contribution in [1.29, 1.82) is 0 Å². The lowest BCUT2D eigenvalue weighted by Gasteiger charge is -2.42. The number of benzene rings is 3. The number of aliphatic hydroxyl groups is 1. The van der Waals surface area contributed by atoms with Crippen molar-refractivity contribution in [3.8, 4) is 33.9 Å². The molecule has 17 nitrogen and oxygen atoms in total. The van der Waals surface area contributed by atoms with Gasteiger partial charge in [-0.15, -0.1) is 10.2 Å². The number of nitrogens with one attached hydrogen (secondary N) is 2. The van der Waals surface area contributed by atoms with E-state index in [-0.39, 0.29) is 48.4 Å². The quantitative estimate of drug-likeness (QED) is 0.0878. The molecule has 5 aliphatic rings. The predicted molar refractivity (Wildman–Crippen MR) is 274 cm³/mol. The molecule has 2 bridgehead atoms. The van der Waals surface area contributed by atoms with E-state index >= 15 is 0 Å². The minimum Gasteiger partial charge on any atom is -0.507 e. The molecule has 2 aromatic heterocycles. The molecule has 4 saturated heterocycles. The number of nitrogen functional groups attached to an aromatic ring is 1. The van der Waals surface area contributed by atoms with Crippen molar-refractivity contribution in [2.75, 3.05) is 48.3 Å². The first-order chi connectivity index (χ1) is 35.2. The molecule has 3 amide bonds. The van der Waals surface area contributed by atoms with Gasteiger partial charge in [-0.25, -0.2) is 14.4 Å². The summed E-state index contributed by atoms with van der Waals surface area (Å²) in [6.45, 7) is 9.03. The number of phenols is 1. The van der Waals surface area contributed by atoms with Gasteiger partial charge in [-0.2, -0.15) is 5.48 Å². The maximum Gasteiger partial charge on any atom is 0.275 e. The van der Waals surface area contributed by atoms with Crippen LogP contribution in [0.3, 0.4) is 0 Å². The van der Waals surface area contributed by atoms with Gasteiger partial charge in [0.25, 0.3) is 5.91 Å². The van der Waals surface area contributed by atoms with Gasteiger partial charge in [-0.3, -0.25) is 14.4 Å². The van der Waals surface area contributed by atoms with Crippen LogP contribution in [0.2, 0.25) is 0 Å². The fourth-order valence-corrected chi connectivity index (χ4v) is 11.8. The molecule has 4 aliphatic heterocycles. The molecule has 73 heavy (non-hydrogen) atoms. The van der Waals surface area contributed by atoms with Crippen LogP contribution >= 0.6 is 0 Å². The van der Waals surface area contributed by atoms with Crippen LogP contribution < -0.4 is 31.2 Å². The molecule has 1 saturated carbocycles. The second-order valence-electron chi connectivity index (χ2n) is 21.6. The van der Waals surface area contributed by atoms with Gasteiger partial charge in [-0.1, -0.05) is 63.2 Å². The summed E-state index contributed by atoms with van der Waals surface area (Å²) < 4.78 is 14.3. The standard InChI is InChI=1S/C55H66FN11O6/c1-55(2,3)49(53(72)66-32-40(68)26-47(66)52(71)63-73-41-20-14-34(15-21-41)42-8-4-6-10-44(42)56)60-51(70)35-12-16-37(17-13-35)64-24-22-33(23-25-64)36-28-58-54(59-29-36)67-38-18-19-39(67)31-65(30-38)46-27-45(61-62-50(46)57)43-9-5-7-11-48(43)69/h4-11,14-15,20-21,27-29,33,35,37-40,47,49,68-69H,12-13,16-19,22-26,30-32H2,1-3H3,(H2,57,62)(H,60,70)(H,63,71)/t35?,37?,38?,39?,40-,47+,49-/m1/s1. The number of aromatic nitrogens is 4. The molecule has 0 spiro atoms. The number of nitrogens with two attached hydrogens (primary N) is 1. The molecule has 1 aliphatic carbocycles. The van der Waals surface area contributed by atoms with Crippen molar-refractivity contribution in [3.05, 3.63) is 103 Å². The number of anilines is 3. The lowest BCUT2D eigenvalue weighted by atomic mass is 9.81. The number of amides is 3. The number of likely N-dealkylation sites (tertiary alicyclic amines) is 2. The summed E-state index contributed by atoms with van der Waals surface area (Å²) >= 11 is 0. The van der Waals surface area contributed by atoms with Crippen molar-refractivity contribution in [2.24, 2.45) is 11.3 Å². The van der Waals surface area contributed by atoms with Crippen LogP contribution in [0.1, 0.15) is 90.0 Å². The third-order valence-corrected chi connectivity index (χ3v) is 15.9. The average molecular weight is 996 g/mol. The molecule has 384 valence electrons. The number of carbonyl (C=O) groups excluding carboxylic acids is 3. The Morgan fingerprint density at radius 1 is 0.795 bits per heavy atom. The molecular weight excluding hydrogens is 930 g/mol. The zero-order valence-corrected chi connectivity index (χ0v) is 41.7. The SMILES string of the molecule is CC(C)(C)[C@H](NC(=O)C1CCC(N2CCC(c3cnc(N4C5CCC4CN(c4cc(-c6ccccc6O)nnc4N)C5)nc3)CC2)CC1)C(=O)N1C[C@H](O)C[C@H]1C(=O)NOc1ccc(-c2ccccc2F)cc1. The first kappa shape index (κ1) is 49.6. The maximum atomic E-state index is 14.3. The number of para-hydroxylation sites is 1. The number of piperazine rings is 1. The summed E-state index contributed by atoms with van der Waals surface area (Å²) in [4.78, 5) is 65.8. The Morgan fingerprint density at radius 3 is 2.10 bits per heavy atom. The van der Waals surface area contributed by atoms with E-state index in [1.165, 1.54) is 16.5 Å². The highest BCUT2D eigenvalue weighted by molar-refractivity contribution is 5.93. The van der Waals surface area contributed by atoms with E-state index in [4.69, 9.17) is 20.5 Å². The zero-order chi connectivity index (χ0) is 51.0. The van der Waals surface area contributed by atoms with Crippen LogP contribution in [-0.2, 0) is 14.4 Å². The second-order valence-corrected chi connectivity index (χ2v) is 21.6. The molecule has 10 rings (SSSR count). The first-order valence-corrected chi connectivity index (χ1v) is 25.8.